The number of hydrogen-bond donors (Lipinski definition) is 3. The molecule has 3 aromatic carbocycles. The molecule has 9 heteroatoms. The molecule has 0 aliphatic carbocycles. The Bertz CT molecular complexity index is 1600. The maximum absolute atomic E-state index is 13.0. The van der Waals surface area contributed by atoms with Crippen LogP contribution in [0.2, 0.25) is 0 Å². The van der Waals surface area contributed by atoms with Gasteiger partial charge in [-0.3, -0.25) is 4.79 Å². The number of amides is 1. The number of phenols is 1. The molecule has 1 atom stereocenters. The smallest absolute Gasteiger partial charge is 0.326 e. The fraction of sp³-hybridized carbons (Fsp3) is 0.286. The summed E-state index contributed by atoms with van der Waals surface area (Å²) < 4.78 is 16.8. The van der Waals surface area contributed by atoms with Crippen LogP contribution in [0.15, 0.2) is 84.9 Å². The van der Waals surface area contributed by atoms with Crippen molar-refractivity contribution in [1.82, 2.24) is 10.3 Å². The van der Waals surface area contributed by atoms with Gasteiger partial charge >= 0.3 is 5.97 Å². The molecule has 2 heterocycles. The lowest BCUT2D eigenvalue weighted by Gasteiger charge is -2.26. The van der Waals surface area contributed by atoms with Crippen LogP contribution in [0.1, 0.15) is 38.7 Å². The number of aromatic nitrogens is 1. The second-order valence-electron chi connectivity index (χ2n) is 11.4. The maximum atomic E-state index is 13.0. The highest BCUT2D eigenvalue weighted by molar-refractivity contribution is 5.87. The number of aliphatic carboxylic acids is 1. The van der Waals surface area contributed by atoms with Gasteiger partial charge in [-0.2, -0.15) is 0 Å². The number of carboxylic acid groups (broad SMARTS) is 1. The van der Waals surface area contributed by atoms with Crippen molar-refractivity contribution in [3.05, 3.63) is 90.5 Å². The third-order valence-electron chi connectivity index (χ3n) is 7.65. The fourth-order valence-corrected chi connectivity index (χ4v) is 4.95. The summed E-state index contributed by atoms with van der Waals surface area (Å²) in [6, 6.07) is 24.9. The van der Waals surface area contributed by atoms with Crippen LogP contribution in [0.3, 0.4) is 0 Å². The van der Waals surface area contributed by atoms with E-state index in [0.717, 1.165) is 40.3 Å². The summed E-state index contributed by atoms with van der Waals surface area (Å²) in [4.78, 5) is 29.4. The topological polar surface area (TPSA) is 127 Å². The van der Waals surface area contributed by atoms with Crippen LogP contribution < -0.4 is 19.5 Å². The van der Waals surface area contributed by atoms with Crippen molar-refractivity contribution >= 4 is 11.9 Å². The van der Waals surface area contributed by atoms with Gasteiger partial charge in [-0.1, -0.05) is 62.4 Å². The molecule has 5 rings (SSSR count). The minimum Gasteiger partial charge on any atom is -0.508 e. The first-order valence-corrected chi connectivity index (χ1v) is 14.6. The summed E-state index contributed by atoms with van der Waals surface area (Å²) in [6.45, 7) is 4.31. The number of pyridine rings is 1. The SMILES string of the molecule is CC(C)(CCCCOc1cccc(-c2ccc(-c3ccc4c(c3)OCO4)cc2)n1)C(=O)NC(Cc1ccc(O)cc1)C(=O)O. The number of aromatic hydroxyl groups is 1. The molecular formula is C35H36N2O7. The van der Waals surface area contributed by atoms with Crippen molar-refractivity contribution < 1.29 is 34.0 Å². The Morgan fingerprint density at radius 2 is 1.61 bits per heavy atom. The molecule has 1 unspecified atom stereocenters. The van der Waals surface area contributed by atoms with E-state index in [1.54, 1.807) is 12.1 Å². The monoisotopic (exact) mass is 596 g/mol. The van der Waals surface area contributed by atoms with Gasteiger partial charge in [-0.25, -0.2) is 9.78 Å². The minimum absolute atomic E-state index is 0.0995. The van der Waals surface area contributed by atoms with Gasteiger partial charge < -0.3 is 29.7 Å². The van der Waals surface area contributed by atoms with E-state index in [-0.39, 0.29) is 24.9 Å². The molecule has 1 aliphatic heterocycles. The van der Waals surface area contributed by atoms with Crippen LogP contribution in [0.4, 0.5) is 0 Å². The molecule has 0 radical (unpaired) electrons. The molecular weight excluding hydrogens is 560 g/mol. The molecule has 9 nitrogen and oxygen atoms in total. The molecule has 0 bridgehead atoms. The van der Waals surface area contributed by atoms with Gasteiger partial charge in [0.05, 0.1) is 12.3 Å². The Labute approximate surface area is 256 Å². The third-order valence-corrected chi connectivity index (χ3v) is 7.65. The van der Waals surface area contributed by atoms with Gasteiger partial charge in [0.1, 0.15) is 11.8 Å². The second kappa shape index (κ2) is 13.5. The molecule has 3 N–H and O–H groups in total. The molecule has 0 spiro atoms. The fourth-order valence-electron chi connectivity index (χ4n) is 4.95. The van der Waals surface area contributed by atoms with E-state index < -0.39 is 17.4 Å². The zero-order chi connectivity index (χ0) is 31.1. The largest absolute Gasteiger partial charge is 0.508 e. The van der Waals surface area contributed by atoms with Crippen LogP contribution >= 0.6 is 0 Å². The van der Waals surface area contributed by atoms with Crippen molar-refractivity contribution in [2.75, 3.05) is 13.4 Å². The normalized spacial score (nSPS) is 12.9. The van der Waals surface area contributed by atoms with Crippen LogP contribution in [0, 0.1) is 5.41 Å². The molecule has 44 heavy (non-hydrogen) atoms. The summed E-state index contributed by atoms with van der Waals surface area (Å²) in [5, 5.41) is 21.8. The average molecular weight is 597 g/mol. The molecule has 1 aromatic heterocycles. The molecule has 0 fully saturated rings. The van der Waals surface area contributed by atoms with E-state index in [4.69, 9.17) is 14.2 Å². The van der Waals surface area contributed by atoms with E-state index in [0.29, 0.717) is 30.9 Å². The number of ether oxygens (including phenoxy) is 3. The van der Waals surface area contributed by atoms with Crippen LogP contribution in [-0.4, -0.2) is 46.5 Å². The van der Waals surface area contributed by atoms with Crippen molar-refractivity contribution in [2.45, 2.75) is 45.6 Å². The predicted octanol–water partition coefficient (Wildman–Crippen LogP) is 6.24. The summed E-state index contributed by atoms with van der Waals surface area (Å²) in [6.07, 6.45) is 2.12. The lowest BCUT2D eigenvalue weighted by atomic mass is 9.85. The zero-order valence-corrected chi connectivity index (χ0v) is 24.8. The molecule has 228 valence electrons. The highest BCUT2D eigenvalue weighted by Gasteiger charge is 2.31. The number of fused-ring (bicyclic) bond motifs is 1. The van der Waals surface area contributed by atoms with Gasteiger partial charge in [0.25, 0.3) is 0 Å². The Kier molecular flexibility index (Phi) is 9.33. The zero-order valence-electron chi connectivity index (χ0n) is 24.8. The lowest BCUT2D eigenvalue weighted by Crippen LogP contribution is -2.47. The van der Waals surface area contributed by atoms with Crippen LogP contribution in [0.25, 0.3) is 22.4 Å². The third kappa shape index (κ3) is 7.66. The number of carbonyl (C=O) groups is 2. The van der Waals surface area contributed by atoms with Crippen molar-refractivity contribution in [2.24, 2.45) is 5.41 Å². The van der Waals surface area contributed by atoms with Gasteiger partial charge in [0, 0.05) is 23.5 Å². The van der Waals surface area contributed by atoms with Gasteiger partial charge in [0.15, 0.2) is 11.5 Å². The van der Waals surface area contributed by atoms with E-state index in [2.05, 4.69) is 10.3 Å². The Balaban J connectivity index is 1.09. The van der Waals surface area contributed by atoms with Crippen molar-refractivity contribution in [3.63, 3.8) is 0 Å². The molecule has 1 aliphatic rings. The van der Waals surface area contributed by atoms with Gasteiger partial charge in [0.2, 0.25) is 18.6 Å². The maximum Gasteiger partial charge on any atom is 0.326 e. The second-order valence-corrected chi connectivity index (χ2v) is 11.4. The summed E-state index contributed by atoms with van der Waals surface area (Å²) in [7, 11) is 0. The van der Waals surface area contributed by atoms with E-state index >= 15 is 0 Å². The first-order valence-electron chi connectivity index (χ1n) is 14.6. The van der Waals surface area contributed by atoms with Crippen LogP contribution in [0.5, 0.6) is 23.1 Å². The number of carboxylic acids is 1. The number of hydrogen-bond acceptors (Lipinski definition) is 7. The Hall–Kier alpha value is -5.05. The number of phenolic OH excluding ortho intramolecular Hbond substituents is 1. The summed E-state index contributed by atoms with van der Waals surface area (Å²) >= 11 is 0. The molecule has 1 amide bonds. The van der Waals surface area contributed by atoms with Gasteiger partial charge in [-0.15, -0.1) is 0 Å². The summed E-state index contributed by atoms with van der Waals surface area (Å²) in [5.41, 5.74) is 3.83. The minimum atomic E-state index is -1.11. The quantitative estimate of drug-likeness (QED) is 0.155. The first kappa shape index (κ1) is 30.4. The van der Waals surface area contributed by atoms with E-state index in [1.165, 1.54) is 12.1 Å². The highest BCUT2D eigenvalue weighted by atomic mass is 16.7. The number of carbonyl (C=O) groups excluding carboxylic acids is 1. The molecule has 0 saturated carbocycles. The molecule has 0 saturated heterocycles. The lowest BCUT2D eigenvalue weighted by molar-refractivity contribution is -0.143. The Morgan fingerprint density at radius 3 is 2.36 bits per heavy atom. The average Bonchev–Trinajstić information content (AvgIpc) is 3.50. The van der Waals surface area contributed by atoms with E-state index in [1.807, 2.05) is 74.5 Å². The highest BCUT2D eigenvalue weighted by Crippen LogP contribution is 2.36. The number of benzene rings is 3. The Morgan fingerprint density at radius 1 is 0.909 bits per heavy atom. The standard InChI is InChI=1S/C35H36N2O7/c1-35(2,34(41)37-29(33(39)40)20-23-8-15-27(38)16-9-23)18-3-4-19-42-32-7-5-6-28(36-32)25-12-10-24(11-13-25)26-14-17-30-31(21-26)44-22-43-30/h5-17,21,29,38H,3-4,18-20,22H2,1-2H3,(H,37,41)(H,39,40). The number of unbranched alkanes of at least 4 members (excludes halogenated alkanes) is 1. The summed E-state index contributed by atoms with van der Waals surface area (Å²) in [5.74, 6) is 0.709. The van der Waals surface area contributed by atoms with E-state index in [9.17, 15) is 19.8 Å². The predicted molar refractivity (Wildman–Crippen MR) is 166 cm³/mol. The number of nitrogens with one attached hydrogen (secondary N) is 1. The van der Waals surface area contributed by atoms with Crippen LogP contribution in [-0.2, 0) is 16.0 Å². The number of rotatable bonds is 13. The molecule has 4 aromatic rings. The van der Waals surface area contributed by atoms with Crippen molar-refractivity contribution in [1.29, 1.82) is 0 Å². The van der Waals surface area contributed by atoms with Crippen molar-refractivity contribution in [3.8, 4) is 45.5 Å². The number of nitrogens with zero attached hydrogens (tertiary/aromatic N) is 1. The van der Waals surface area contributed by atoms with Gasteiger partial charge in [-0.05, 0) is 66.3 Å². The first-order chi connectivity index (χ1) is 21.2.